The van der Waals surface area contributed by atoms with E-state index in [0.717, 1.165) is 25.1 Å². The van der Waals surface area contributed by atoms with Gasteiger partial charge in [0.15, 0.2) is 0 Å². The van der Waals surface area contributed by atoms with E-state index in [9.17, 15) is 4.79 Å². The Labute approximate surface area is 153 Å². The molecular weight excluding hydrogens is 308 g/mol. The van der Waals surface area contributed by atoms with Crippen LogP contribution < -0.4 is 5.32 Å². The third-order valence-electron chi connectivity index (χ3n) is 4.57. The summed E-state index contributed by atoms with van der Waals surface area (Å²) in [6.45, 7) is 14.5. The highest BCUT2D eigenvalue weighted by Gasteiger charge is 2.29. The van der Waals surface area contributed by atoms with Gasteiger partial charge in [-0.05, 0) is 61.8 Å². The van der Waals surface area contributed by atoms with Crippen LogP contribution in [0.15, 0.2) is 23.8 Å². The molecule has 0 unspecified atom stereocenters. The van der Waals surface area contributed by atoms with Crippen LogP contribution in [0.1, 0.15) is 65.5 Å². The van der Waals surface area contributed by atoms with E-state index in [0.29, 0.717) is 18.4 Å². The Morgan fingerprint density at radius 1 is 1.24 bits per heavy atom. The fourth-order valence-corrected chi connectivity index (χ4v) is 3.30. The number of anilines is 1. The number of carbonyl (C=O) groups excluding carboxylic acids is 1. The van der Waals surface area contributed by atoms with Gasteiger partial charge < -0.3 is 10.2 Å². The monoisotopic (exact) mass is 342 g/mol. The Balaban J connectivity index is 2.34. The zero-order chi connectivity index (χ0) is 18.6. The number of allylic oxidation sites excluding steroid dienone is 1. The van der Waals surface area contributed by atoms with E-state index in [-0.39, 0.29) is 11.9 Å². The number of benzene rings is 1. The van der Waals surface area contributed by atoms with Crippen LogP contribution >= 0.6 is 0 Å². The zero-order valence-electron chi connectivity index (χ0n) is 16.7. The third kappa shape index (κ3) is 5.62. The predicted molar refractivity (Wildman–Crippen MR) is 108 cm³/mol. The minimum atomic E-state index is -0.122. The number of nitrogens with one attached hydrogen (secondary N) is 1. The van der Waals surface area contributed by atoms with Crippen molar-refractivity contribution in [2.75, 3.05) is 11.9 Å². The lowest BCUT2D eigenvalue weighted by Gasteiger charge is -2.26. The molecule has 0 fully saturated rings. The molecule has 1 aromatic carbocycles. The molecule has 1 aliphatic heterocycles. The topological polar surface area (TPSA) is 32.3 Å². The van der Waals surface area contributed by atoms with Crippen LogP contribution in [0, 0.1) is 11.8 Å². The second-order valence-electron chi connectivity index (χ2n) is 8.41. The molecule has 0 aromatic heterocycles. The van der Waals surface area contributed by atoms with E-state index >= 15 is 0 Å². The van der Waals surface area contributed by atoms with Crippen molar-refractivity contribution < 1.29 is 4.79 Å². The molecule has 0 bridgehead atoms. The number of rotatable bonds is 6. The predicted octanol–water partition coefficient (Wildman–Crippen LogP) is 5.32. The zero-order valence-corrected chi connectivity index (χ0v) is 16.7. The second kappa shape index (κ2) is 8.55. The van der Waals surface area contributed by atoms with Crippen LogP contribution in [0.5, 0.6) is 0 Å². The SMILES string of the molecule is CC(C)=Cc1ccc2c(c1)CN(CCC(C)C)C(=O)[C@H](CC(C)C)N2. The second-order valence-corrected chi connectivity index (χ2v) is 8.41. The van der Waals surface area contributed by atoms with E-state index in [1.165, 1.54) is 16.7 Å². The van der Waals surface area contributed by atoms with Crippen LogP contribution in [-0.2, 0) is 11.3 Å². The summed E-state index contributed by atoms with van der Waals surface area (Å²) in [7, 11) is 0. The molecule has 0 saturated carbocycles. The van der Waals surface area contributed by atoms with Crippen molar-refractivity contribution in [3.8, 4) is 0 Å². The van der Waals surface area contributed by atoms with Crippen LogP contribution in [0.25, 0.3) is 6.08 Å². The van der Waals surface area contributed by atoms with Crippen LogP contribution in [0.2, 0.25) is 0 Å². The maximum absolute atomic E-state index is 13.1. The summed E-state index contributed by atoms with van der Waals surface area (Å²) in [6, 6.07) is 6.38. The van der Waals surface area contributed by atoms with Crippen molar-refractivity contribution >= 4 is 17.7 Å². The van der Waals surface area contributed by atoms with Gasteiger partial charge in [0.2, 0.25) is 5.91 Å². The Kier molecular flexibility index (Phi) is 6.69. The molecule has 25 heavy (non-hydrogen) atoms. The van der Waals surface area contributed by atoms with Crippen molar-refractivity contribution in [3.05, 3.63) is 34.9 Å². The Hall–Kier alpha value is -1.77. The van der Waals surface area contributed by atoms with Crippen LogP contribution in [0.4, 0.5) is 5.69 Å². The molecule has 3 nitrogen and oxygen atoms in total. The lowest BCUT2D eigenvalue weighted by molar-refractivity contribution is -0.132. The summed E-state index contributed by atoms with van der Waals surface area (Å²) in [5.74, 6) is 1.33. The fourth-order valence-electron chi connectivity index (χ4n) is 3.30. The highest BCUT2D eigenvalue weighted by Crippen LogP contribution is 2.27. The van der Waals surface area contributed by atoms with E-state index in [1.54, 1.807) is 0 Å². The van der Waals surface area contributed by atoms with Crippen LogP contribution in [-0.4, -0.2) is 23.4 Å². The average Bonchev–Trinajstić information content (AvgIpc) is 2.62. The third-order valence-corrected chi connectivity index (χ3v) is 4.57. The summed E-state index contributed by atoms with van der Waals surface area (Å²) in [4.78, 5) is 15.1. The van der Waals surface area contributed by atoms with Gasteiger partial charge in [0.05, 0.1) is 0 Å². The Morgan fingerprint density at radius 3 is 2.56 bits per heavy atom. The van der Waals surface area contributed by atoms with Crippen molar-refractivity contribution in [1.29, 1.82) is 0 Å². The molecule has 1 amide bonds. The number of nitrogens with zero attached hydrogens (tertiary/aromatic N) is 1. The van der Waals surface area contributed by atoms with Crippen molar-refractivity contribution in [2.24, 2.45) is 11.8 Å². The highest BCUT2D eigenvalue weighted by atomic mass is 16.2. The summed E-state index contributed by atoms with van der Waals surface area (Å²) in [5, 5.41) is 3.53. The molecule has 2 rings (SSSR count). The number of hydrogen-bond acceptors (Lipinski definition) is 2. The molecule has 1 heterocycles. The lowest BCUT2D eigenvalue weighted by Crippen LogP contribution is -2.41. The van der Waals surface area contributed by atoms with E-state index in [2.05, 4.69) is 76.0 Å². The minimum Gasteiger partial charge on any atom is -0.373 e. The minimum absolute atomic E-state index is 0.122. The molecule has 1 aromatic rings. The smallest absolute Gasteiger partial charge is 0.245 e. The normalized spacial score (nSPS) is 17.4. The first kappa shape index (κ1) is 19.6. The molecule has 1 N–H and O–H groups in total. The number of hydrogen-bond donors (Lipinski definition) is 1. The Morgan fingerprint density at radius 2 is 1.96 bits per heavy atom. The first-order valence-corrected chi connectivity index (χ1v) is 9.59. The molecular formula is C22H34N2O. The maximum atomic E-state index is 13.1. The average molecular weight is 343 g/mol. The Bertz CT molecular complexity index is 627. The van der Waals surface area contributed by atoms with E-state index < -0.39 is 0 Å². The molecule has 1 atom stereocenters. The standard InChI is InChI=1S/C22H34N2O/c1-15(2)9-10-24-14-19-13-18(11-16(3)4)7-8-20(19)23-21(22(24)25)12-17(5)6/h7-8,11,13,15,17,21,23H,9-10,12,14H2,1-6H3/t21-/m0/s1. The van der Waals surface area contributed by atoms with Crippen LogP contribution in [0.3, 0.4) is 0 Å². The molecule has 0 saturated heterocycles. The first-order valence-electron chi connectivity index (χ1n) is 9.59. The fraction of sp³-hybridized carbons (Fsp3) is 0.591. The van der Waals surface area contributed by atoms with Crippen molar-refractivity contribution in [2.45, 2.75) is 67.0 Å². The van der Waals surface area contributed by atoms with Gasteiger partial charge in [-0.1, -0.05) is 45.4 Å². The number of fused-ring (bicyclic) bond motifs is 1. The van der Waals surface area contributed by atoms with Crippen molar-refractivity contribution in [1.82, 2.24) is 4.90 Å². The van der Waals surface area contributed by atoms with Gasteiger partial charge in [-0.2, -0.15) is 0 Å². The first-order chi connectivity index (χ1) is 11.8. The molecule has 0 radical (unpaired) electrons. The maximum Gasteiger partial charge on any atom is 0.245 e. The van der Waals surface area contributed by atoms with Gasteiger partial charge in [0.25, 0.3) is 0 Å². The highest BCUT2D eigenvalue weighted by molar-refractivity contribution is 5.86. The summed E-state index contributed by atoms with van der Waals surface area (Å²) < 4.78 is 0. The summed E-state index contributed by atoms with van der Waals surface area (Å²) in [5.41, 5.74) is 4.82. The summed E-state index contributed by atoms with van der Waals surface area (Å²) in [6.07, 6.45) is 4.10. The summed E-state index contributed by atoms with van der Waals surface area (Å²) >= 11 is 0. The van der Waals surface area contributed by atoms with Gasteiger partial charge in [-0.25, -0.2) is 0 Å². The molecule has 0 spiro atoms. The van der Waals surface area contributed by atoms with Crippen molar-refractivity contribution in [3.63, 3.8) is 0 Å². The molecule has 1 aliphatic rings. The molecule has 0 aliphatic carbocycles. The van der Waals surface area contributed by atoms with Gasteiger partial charge in [0, 0.05) is 18.8 Å². The number of amides is 1. The van der Waals surface area contributed by atoms with Gasteiger partial charge >= 0.3 is 0 Å². The number of carbonyl (C=O) groups is 1. The van der Waals surface area contributed by atoms with Gasteiger partial charge in [-0.3, -0.25) is 4.79 Å². The van der Waals surface area contributed by atoms with Gasteiger partial charge in [0.1, 0.15) is 6.04 Å². The quantitative estimate of drug-likeness (QED) is 0.758. The van der Waals surface area contributed by atoms with E-state index in [4.69, 9.17) is 0 Å². The van der Waals surface area contributed by atoms with E-state index in [1.807, 2.05) is 0 Å². The lowest BCUT2D eigenvalue weighted by atomic mass is 10.0. The molecule has 138 valence electrons. The van der Waals surface area contributed by atoms with Gasteiger partial charge in [-0.15, -0.1) is 0 Å². The molecule has 3 heteroatoms. The largest absolute Gasteiger partial charge is 0.373 e.